The molecule has 1 aliphatic rings. The van der Waals surface area contributed by atoms with Crippen LogP contribution in [0.25, 0.3) is 0 Å². The lowest BCUT2D eigenvalue weighted by molar-refractivity contribution is -0.917. The van der Waals surface area contributed by atoms with Gasteiger partial charge in [0.25, 0.3) is 0 Å². The van der Waals surface area contributed by atoms with Gasteiger partial charge >= 0.3 is 0 Å². The topological polar surface area (TPSA) is 18.5 Å². The summed E-state index contributed by atoms with van der Waals surface area (Å²) in [5, 5.41) is 0. The number of likely N-dealkylation sites (tertiary alicyclic amines) is 1. The molecular weight excluding hydrogens is 202 g/mol. The van der Waals surface area contributed by atoms with Gasteiger partial charge in [-0.1, -0.05) is 6.92 Å². The monoisotopic (exact) mass is 230 g/mol. The first kappa shape index (κ1) is 13.9. The van der Waals surface area contributed by atoms with E-state index in [9.17, 15) is 0 Å². The van der Waals surface area contributed by atoms with Crippen molar-refractivity contribution in [3.63, 3.8) is 0 Å². The molecule has 1 rings (SSSR count). The predicted octanol–water partition coefficient (Wildman–Crippen LogP) is 2.06. The molecule has 0 saturated carbocycles. The van der Waals surface area contributed by atoms with Crippen LogP contribution in [-0.2, 0) is 9.47 Å². The second-order valence-electron chi connectivity index (χ2n) is 4.75. The van der Waals surface area contributed by atoms with E-state index in [1.165, 1.54) is 49.9 Å². The van der Waals surface area contributed by atoms with E-state index in [1.807, 2.05) is 6.92 Å². The molecule has 0 amide bonds. The molecule has 0 bridgehead atoms. The Morgan fingerprint density at radius 1 is 0.875 bits per heavy atom. The quantitative estimate of drug-likeness (QED) is 0.446. The summed E-state index contributed by atoms with van der Waals surface area (Å²) in [6, 6.07) is 0. The van der Waals surface area contributed by atoms with Gasteiger partial charge in [0.05, 0.1) is 39.5 Å². The molecular formula is C13H28NO2+. The highest BCUT2D eigenvalue weighted by molar-refractivity contribution is 4.54. The Morgan fingerprint density at radius 3 is 2.19 bits per heavy atom. The molecule has 0 spiro atoms. The minimum Gasteiger partial charge on any atom is -0.379 e. The third-order valence-electron chi connectivity index (χ3n) is 3.50. The molecule has 0 aromatic rings. The molecule has 0 atom stereocenters. The number of hydrogen-bond donors (Lipinski definition) is 0. The summed E-state index contributed by atoms with van der Waals surface area (Å²) >= 11 is 0. The zero-order valence-electron chi connectivity index (χ0n) is 11.0. The van der Waals surface area contributed by atoms with E-state index >= 15 is 0 Å². The minimum absolute atomic E-state index is 0.740. The van der Waals surface area contributed by atoms with Crippen molar-refractivity contribution in [1.82, 2.24) is 0 Å². The lowest BCUT2D eigenvalue weighted by atomic mass is 10.3. The van der Waals surface area contributed by atoms with Gasteiger partial charge in [0.15, 0.2) is 0 Å². The first-order valence-electron chi connectivity index (χ1n) is 6.83. The van der Waals surface area contributed by atoms with Crippen LogP contribution in [0.2, 0.25) is 0 Å². The number of nitrogens with zero attached hydrogens (tertiary/aromatic N) is 1. The van der Waals surface area contributed by atoms with E-state index in [2.05, 4.69) is 6.92 Å². The Kier molecular flexibility index (Phi) is 7.01. The van der Waals surface area contributed by atoms with Crippen molar-refractivity contribution in [2.24, 2.45) is 0 Å². The molecule has 0 aliphatic carbocycles. The molecule has 0 aromatic heterocycles. The zero-order valence-corrected chi connectivity index (χ0v) is 11.0. The van der Waals surface area contributed by atoms with E-state index in [4.69, 9.17) is 9.47 Å². The van der Waals surface area contributed by atoms with Crippen molar-refractivity contribution in [2.75, 3.05) is 52.6 Å². The molecule has 96 valence electrons. The molecule has 3 nitrogen and oxygen atoms in total. The van der Waals surface area contributed by atoms with Gasteiger partial charge in [0, 0.05) is 19.4 Å². The fourth-order valence-electron chi connectivity index (χ4n) is 2.66. The van der Waals surface area contributed by atoms with Gasteiger partial charge in [0.1, 0.15) is 6.54 Å². The Labute approximate surface area is 100 Å². The summed E-state index contributed by atoms with van der Waals surface area (Å²) in [6.45, 7) is 12.7. The molecule has 1 fully saturated rings. The second kappa shape index (κ2) is 8.04. The van der Waals surface area contributed by atoms with Gasteiger partial charge in [-0.05, 0) is 13.3 Å². The minimum atomic E-state index is 0.740. The lowest BCUT2D eigenvalue weighted by Crippen LogP contribution is -2.48. The average molecular weight is 230 g/mol. The van der Waals surface area contributed by atoms with Crippen LogP contribution in [0.4, 0.5) is 0 Å². The normalized spacial score (nSPS) is 19.1. The van der Waals surface area contributed by atoms with Gasteiger partial charge in [-0.2, -0.15) is 0 Å². The van der Waals surface area contributed by atoms with Crippen LogP contribution >= 0.6 is 0 Å². The SMILES string of the molecule is CCC[N+]1(CCOCCOCC)CCCC1. The molecule has 0 radical (unpaired) electrons. The summed E-state index contributed by atoms with van der Waals surface area (Å²) < 4.78 is 12.2. The van der Waals surface area contributed by atoms with Crippen LogP contribution in [0.5, 0.6) is 0 Å². The first-order chi connectivity index (χ1) is 7.83. The van der Waals surface area contributed by atoms with Crippen LogP contribution < -0.4 is 0 Å². The highest BCUT2D eigenvalue weighted by Gasteiger charge is 2.30. The first-order valence-corrected chi connectivity index (χ1v) is 6.83. The molecule has 1 heterocycles. The van der Waals surface area contributed by atoms with E-state index in [0.717, 1.165) is 26.4 Å². The summed E-state index contributed by atoms with van der Waals surface area (Å²) in [7, 11) is 0. The molecule has 3 heteroatoms. The Balaban J connectivity index is 2.08. The van der Waals surface area contributed by atoms with Crippen LogP contribution in [0.3, 0.4) is 0 Å². The predicted molar refractivity (Wildman–Crippen MR) is 66.6 cm³/mol. The molecule has 0 aromatic carbocycles. The van der Waals surface area contributed by atoms with Crippen molar-refractivity contribution in [3.05, 3.63) is 0 Å². The third kappa shape index (κ3) is 4.81. The van der Waals surface area contributed by atoms with Gasteiger partial charge in [-0.25, -0.2) is 0 Å². The van der Waals surface area contributed by atoms with Gasteiger partial charge in [-0.3, -0.25) is 0 Å². The number of quaternary nitrogens is 1. The maximum Gasteiger partial charge on any atom is 0.102 e. The van der Waals surface area contributed by atoms with Crippen LogP contribution in [0.15, 0.2) is 0 Å². The fourth-order valence-corrected chi connectivity index (χ4v) is 2.66. The average Bonchev–Trinajstić information content (AvgIpc) is 2.73. The van der Waals surface area contributed by atoms with Crippen LogP contribution in [-0.4, -0.2) is 57.1 Å². The molecule has 0 N–H and O–H groups in total. The standard InChI is InChI=1S/C13H28NO2/c1-3-7-14(8-5-6-9-14)10-11-16-13-12-15-4-2/h3-13H2,1-2H3/q+1. The van der Waals surface area contributed by atoms with E-state index in [0.29, 0.717) is 0 Å². The Bertz CT molecular complexity index is 167. The third-order valence-corrected chi connectivity index (χ3v) is 3.50. The van der Waals surface area contributed by atoms with Gasteiger partial charge in [0.2, 0.25) is 0 Å². The molecule has 1 aliphatic heterocycles. The molecule has 1 saturated heterocycles. The van der Waals surface area contributed by atoms with E-state index in [-0.39, 0.29) is 0 Å². The van der Waals surface area contributed by atoms with Crippen molar-refractivity contribution in [1.29, 1.82) is 0 Å². The largest absolute Gasteiger partial charge is 0.379 e. The number of hydrogen-bond acceptors (Lipinski definition) is 2. The fraction of sp³-hybridized carbons (Fsp3) is 1.00. The Morgan fingerprint density at radius 2 is 1.56 bits per heavy atom. The van der Waals surface area contributed by atoms with Crippen molar-refractivity contribution < 1.29 is 14.0 Å². The van der Waals surface area contributed by atoms with E-state index in [1.54, 1.807) is 0 Å². The highest BCUT2D eigenvalue weighted by Crippen LogP contribution is 2.19. The molecule has 16 heavy (non-hydrogen) atoms. The van der Waals surface area contributed by atoms with Crippen LogP contribution in [0.1, 0.15) is 33.1 Å². The van der Waals surface area contributed by atoms with Gasteiger partial charge in [-0.15, -0.1) is 0 Å². The maximum atomic E-state index is 5.63. The van der Waals surface area contributed by atoms with Crippen molar-refractivity contribution in [3.8, 4) is 0 Å². The van der Waals surface area contributed by atoms with Crippen LogP contribution in [0, 0.1) is 0 Å². The number of ether oxygens (including phenoxy) is 2. The summed E-state index contributed by atoms with van der Waals surface area (Å²) in [6.07, 6.45) is 4.09. The van der Waals surface area contributed by atoms with Crippen molar-refractivity contribution >= 4 is 0 Å². The summed E-state index contributed by atoms with van der Waals surface area (Å²) in [5.41, 5.74) is 0. The second-order valence-corrected chi connectivity index (χ2v) is 4.75. The smallest absolute Gasteiger partial charge is 0.102 e. The highest BCUT2D eigenvalue weighted by atomic mass is 16.5. The Hall–Kier alpha value is -0.120. The zero-order chi connectivity index (χ0) is 11.7. The molecule has 0 unspecified atom stereocenters. The maximum absolute atomic E-state index is 5.63. The number of rotatable bonds is 9. The van der Waals surface area contributed by atoms with E-state index < -0.39 is 0 Å². The summed E-state index contributed by atoms with van der Waals surface area (Å²) in [4.78, 5) is 0. The lowest BCUT2D eigenvalue weighted by Gasteiger charge is -2.33. The summed E-state index contributed by atoms with van der Waals surface area (Å²) in [5.74, 6) is 0. The van der Waals surface area contributed by atoms with Gasteiger partial charge < -0.3 is 14.0 Å². The van der Waals surface area contributed by atoms with Crippen molar-refractivity contribution in [2.45, 2.75) is 33.1 Å².